The third-order valence-corrected chi connectivity index (χ3v) is 3.61. The van der Waals surface area contributed by atoms with Crippen molar-refractivity contribution in [3.05, 3.63) is 37.9 Å². The van der Waals surface area contributed by atoms with Crippen LogP contribution in [0.25, 0.3) is 0 Å². The van der Waals surface area contributed by atoms with Gasteiger partial charge in [0.1, 0.15) is 5.82 Å². The maximum atomic E-state index is 11.9. The molecule has 0 bridgehead atoms. The summed E-state index contributed by atoms with van der Waals surface area (Å²) in [6.45, 7) is 1.94. The maximum absolute atomic E-state index is 11.9. The van der Waals surface area contributed by atoms with E-state index in [2.05, 4.69) is 59.0 Å². The second-order valence-corrected chi connectivity index (χ2v) is 5.64. The number of anilines is 1. The highest BCUT2D eigenvalue weighted by Gasteiger charge is 2.13. The Labute approximate surface area is 126 Å². The summed E-state index contributed by atoms with van der Waals surface area (Å²) in [4.78, 5) is 16.0. The Morgan fingerprint density at radius 2 is 2.33 bits per heavy atom. The zero-order chi connectivity index (χ0) is 13.1. The number of aromatic amines is 1. The van der Waals surface area contributed by atoms with Gasteiger partial charge in [0.05, 0.1) is 5.69 Å². The van der Waals surface area contributed by atoms with Gasteiger partial charge in [-0.25, -0.2) is 4.98 Å². The molecule has 0 saturated carbocycles. The second kappa shape index (κ2) is 5.79. The zero-order valence-electron chi connectivity index (χ0n) is 9.50. The van der Waals surface area contributed by atoms with Crippen LogP contribution in [0.5, 0.6) is 0 Å². The van der Waals surface area contributed by atoms with Gasteiger partial charge in [0.15, 0.2) is 0 Å². The number of carbonyl (C=O) groups excluding carboxylic acids is 1. The van der Waals surface area contributed by atoms with Crippen LogP contribution in [0.2, 0.25) is 0 Å². The van der Waals surface area contributed by atoms with Crippen LogP contribution in [-0.2, 0) is 6.42 Å². The fourth-order valence-electron chi connectivity index (χ4n) is 1.33. The average molecular weight is 421 g/mol. The van der Waals surface area contributed by atoms with Gasteiger partial charge in [0.25, 0.3) is 5.91 Å². The zero-order valence-corrected chi connectivity index (χ0v) is 13.2. The van der Waals surface area contributed by atoms with Crippen LogP contribution in [0.4, 0.5) is 5.69 Å². The summed E-state index contributed by atoms with van der Waals surface area (Å²) in [5.41, 5.74) is 0.703. The first-order chi connectivity index (χ1) is 8.60. The highest BCUT2D eigenvalue weighted by molar-refractivity contribution is 14.1. The molecule has 18 heavy (non-hydrogen) atoms. The fraction of sp³-hybridized carbons (Fsp3) is 0.182. The van der Waals surface area contributed by atoms with Crippen molar-refractivity contribution >= 4 is 50.1 Å². The molecule has 1 aromatic heterocycles. The number of aryl methyl sites for hydroxylation is 1. The molecule has 0 spiro atoms. The molecule has 5 nitrogen and oxygen atoms in total. The minimum atomic E-state index is -0.325. The van der Waals surface area contributed by atoms with Gasteiger partial charge in [-0.05, 0) is 56.7 Å². The smallest absolute Gasteiger partial charge is 0.295 e. The summed E-state index contributed by atoms with van der Waals surface area (Å²) in [6.07, 6.45) is 0.715. The van der Waals surface area contributed by atoms with E-state index in [9.17, 15) is 4.79 Å². The van der Waals surface area contributed by atoms with Crippen molar-refractivity contribution in [2.45, 2.75) is 13.3 Å². The topological polar surface area (TPSA) is 70.7 Å². The molecule has 1 heterocycles. The summed E-state index contributed by atoms with van der Waals surface area (Å²) >= 11 is 5.57. The van der Waals surface area contributed by atoms with Gasteiger partial charge in [-0.1, -0.05) is 6.92 Å². The number of nitrogens with one attached hydrogen (secondary N) is 2. The average Bonchev–Trinajstić information content (AvgIpc) is 2.82. The Kier molecular flexibility index (Phi) is 4.33. The summed E-state index contributed by atoms with van der Waals surface area (Å²) < 4.78 is 1.86. The summed E-state index contributed by atoms with van der Waals surface area (Å²) in [5.74, 6) is 0.521. The molecule has 0 atom stereocenters. The Balaban J connectivity index is 2.18. The summed E-state index contributed by atoms with van der Waals surface area (Å²) in [7, 11) is 0. The van der Waals surface area contributed by atoms with E-state index in [0.717, 1.165) is 8.04 Å². The van der Waals surface area contributed by atoms with E-state index in [4.69, 9.17) is 0 Å². The third-order valence-electron chi connectivity index (χ3n) is 2.25. The van der Waals surface area contributed by atoms with Gasteiger partial charge in [-0.2, -0.15) is 0 Å². The molecule has 0 unspecified atom stereocenters. The van der Waals surface area contributed by atoms with Crippen LogP contribution in [0.1, 0.15) is 23.4 Å². The van der Waals surface area contributed by atoms with E-state index < -0.39 is 0 Å². The van der Waals surface area contributed by atoms with Crippen molar-refractivity contribution < 1.29 is 4.79 Å². The molecule has 2 N–H and O–H groups in total. The van der Waals surface area contributed by atoms with Crippen molar-refractivity contribution in [3.63, 3.8) is 0 Å². The van der Waals surface area contributed by atoms with Gasteiger partial charge in [-0.15, -0.1) is 5.10 Å². The number of amides is 1. The SMILES string of the molecule is CCc1nc(C(=O)Nc2cc(I)ccc2Br)n[nH]1. The lowest BCUT2D eigenvalue weighted by Crippen LogP contribution is -2.14. The van der Waals surface area contributed by atoms with E-state index in [1.165, 1.54) is 0 Å². The van der Waals surface area contributed by atoms with E-state index in [0.29, 0.717) is 17.9 Å². The van der Waals surface area contributed by atoms with Gasteiger partial charge in [-0.3, -0.25) is 9.89 Å². The van der Waals surface area contributed by atoms with Crippen molar-refractivity contribution in [3.8, 4) is 0 Å². The molecule has 0 fully saturated rings. The van der Waals surface area contributed by atoms with Crippen LogP contribution in [0, 0.1) is 3.57 Å². The van der Waals surface area contributed by atoms with E-state index in [1.807, 2.05) is 25.1 Å². The molecule has 2 rings (SSSR count). The molecule has 7 heteroatoms. The number of rotatable bonds is 3. The number of carbonyl (C=O) groups is 1. The number of hydrogen-bond donors (Lipinski definition) is 2. The predicted octanol–water partition coefficient (Wildman–Crippen LogP) is 2.99. The monoisotopic (exact) mass is 420 g/mol. The number of aromatic nitrogens is 3. The van der Waals surface area contributed by atoms with Crippen LogP contribution >= 0.6 is 38.5 Å². The predicted molar refractivity (Wildman–Crippen MR) is 80.6 cm³/mol. The summed E-state index contributed by atoms with van der Waals surface area (Å²) in [6, 6.07) is 5.70. The number of benzene rings is 1. The highest BCUT2D eigenvalue weighted by Crippen LogP contribution is 2.24. The first-order valence-electron chi connectivity index (χ1n) is 5.28. The minimum Gasteiger partial charge on any atom is -0.318 e. The van der Waals surface area contributed by atoms with E-state index >= 15 is 0 Å². The van der Waals surface area contributed by atoms with Crippen molar-refractivity contribution in [1.29, 1.82) is 0 Å². The first-order valence-corrected chi connectivity index (χ1v) is 7.15. The van der Waals surface area contributed by atoms with E-state index in [-0.39, 0.29) is 11.7 Å². The fourth-order valence-corrected chi connectivity index (χ4v) is 2.16. The van der Waals surface area contributed by atoms with Gasteiger partial charge in [0, 0.05) is 14.5 Å². The molecule has 1 aromatic carbocycles. The maximum Gasteiger partial charge on any atom is 0.295 e. The lowest BCUT2D eigenvalue weighted by Gasteiger charge is -2.05. The molecule has 0 aliphatic heterocycles. The lowest BCUT2D eigenvalue weighted by atomic mass is 10.3. The lowest BCUT2D eigenvalue weighted by molar-refractivity contribution is 0.101. The van der Waals surface area contributed by atoms with Gasteiger partial charge >= 0.3 is 0 Å². The quantitative estimate of drug-likeness (QED) is 0.750. The van der Waals surface area contributed by atoms with Crippen molar-refractivity contribution in [2.24, 2.45) is 0 Å². The Morgan fingerprint density at radius 1 is 1.56 bits per heavy atom. The van der Waals surface area contributed by atoms with Crippen LogP contribution in [-0.4, -0.2) is 21.1 Å². The molecular weight excluding hydrogens is 411 g/mol. The van der Waals surface area contributed by atoms with Crippen LogP contribution in [0.15, 0.2) is 22.7 Å². The standard InChI is InChI=1S/C11H10BrIN4O/c1-2-9-15-10(17-16-9)11(18)14-8-5-6(13)3-4-7(8)12/h3-5H,2H2,1H3,(H,14,18)(H,15,16,17). The second-order valence-electron chi connectivity index (χ2n) is 3.54. The van der Waals surface area contributed by atoms with Crippen molar-refractivity contribution in [1.82, 2.24) is 15.2 Å². The molecular formula is C11H10BrIN4O. The first kappa shape index (κ1) is 13.5. The number of nitrogens with zero attached hydrogens (tertiary/aromatic N) is 2. The number of H-pyrrole nitrogens is 1. The molecule has 0 radical (unpaired) electrons. The third kappa shape index (κ3) is 3.08. The van der Waals surface area contributed by atoms with Gasteiger partial charge < -0.3 is 5.32 Å². The molecule has 2 aromatic rings. The molecule has 0 aliphatic rings. The Bertz CT molecular complexity index is 584. The highest BCUT2D eigenvalue weighted by atomic mass is 127. The Hall–Kier alpha value is -0.960. The Morgan fingerprint density at radius 3 is 3.00 bits per heavy atom. The summed E-state index contributed by atoms with van der Waals surface area (Å²) in [5, 5.41) is 9.35. The number of halogens is 2. The van der Waals surface area contributed by atoms with Crippen molar-refractivity contribution in [2.75, 3.05) is 5.32 Å². The van der Waals surface area contributed by atoms with E-state index in [1.54, 1.807) is 0 Å². The van der Waals surface area contributed by atoms with Crippen LogP contribution < -0.4 is 5.32 Å². The molecule has 0 aliphatic carbocycles. The normalized spacial score (nSPS) is 10.4. The minimum absolute atomic E-state index is 0.151. The largest absolute Gasteiger partial charge is 0.318 e. The molecule has 1 amide bonds. The van der Waals surface area contributed by atoms with Gasteiger partial charge in [0.2, 0.25) is 5.82 Å². The van der Waals surface area contributed by atoms with Crippen LogP contribution in [0.3, 0.4) is 0 Å². The molecule has 0 saturated heterocycles. The molecule has 94 valence electrons. The number of hydrogen-bond acceptors (Lipinski definition) is 3.